The molecule has 5 rings (SSSR count). The van der Waals surface area contributed by atoms with E-state index in [0.29, 0.717) is 30.1 Å². The molecular formula is C26H31N3O3. The molecule has 2 aromatic carbocycles. The first-order chi connectivity index (χ1) is 15.4. The molecular weight excluding hydrogens is 402 g/mol. The fourth-order valence-corrected chi connectivity index (χ4v) is 5.29. The van der Waals surface area contributed by atoms with Gasteiger partial charge in [0.25, 0.3) is 5.91 Å². The summed E-state index contributed by atoms with van der Waals surface area (Å²) < 4.78 is 0. The predicted molar refractivity (Wildman–Crippen MR) is 125 cm³/mol. The Morgan fingerprint density at radius 3 is 2.38 bits per heavy atom. The first-order valence-corrected chi connectivity index (χ1v) is 11.8. The van der Waals surface area contributed by atoms with E-state index in [0.717, 1.165) is 50.0 Å². The average Bonchev–Trinajstić information content (AvgIpc) is 2.79. The highest BCUT2D eigenvalue weighted by Crippen LogP contribution is 2.45. The number of aromatic hydroxyl groups is 1. The quantitative estimate of drug-likeness (QED) is 0.696. The fraction of sp³-hybridized carbons (Fsp3) is 0.462. The maximum atomic E-state index is 13.5. The Morgan fingerprint density at radius 2 is 1.75 bits per heavy atom. The molecule has 6 nitrogen and oxygen atoms in total. The number of β-lactam (4-membered cyclic amide) rings is 1. The van der Waals surface area contributed by atoms with Crippen molar-refractivity contribution in [3.63, 3.8) is 0 Å². The van der Waals surface area contributed by atoms with Gasteiger partial charge in [0.15, 0.2) is 0 Å². The van der Waals surface area contributed by atoms with Crippen molar-refractivity contribution in [2.75, 3.05) is 29.9 Å². The van der Waals surface area contributed by atoms with Crippen LogP contribution in [0.1, 0.15) is 67.3 Å². The number of benzene rings is 2. The lowest BCUT2D eigenvalue weighted by Gasteiger charge is -2.41. The molecule has 1 unspecified atom stereocenters. The van der Waals surface area contributed by atoms with Gasteiger partial charge in [-0.3, -0.25) is 9.59 Å². The second-order valence-electron chi connectivity index (χ2n) is 9.50. The molecule has 3 aliphatic rings. The Labute approximate surface area is 189 Å². The van der Waals surface area contributed by atoms with Crippen LogP contribution in [0.3, 0.4) is 0 Å². The summed E-state index contributed by atoms with van der Waals surface area (Å²) in [7, 11) is 0. The number of nitrogens with zero attached hydrogens (tertiary/aromatic N) is 2. The summed E-state index contributed by atoms with van der Waals surface area (Å²) in [5, 5.41) is 14.3. The van der Waals surface area contributed by atoms with Crippen molar-refractivity contribution < 1.29 is 14.7 Å². The van der Waals surface area contributed by atoms with Crippen molar-refractivity contribution in [1.82, 2.24) is 4.90 Å². The van der Waals surface area contributed by atoms with Gasteiger partial charge in [-0.2, -0.15) is 0 Å². The van der Waals surface area contributed by atoms with E-state index >= 15 is 0 Å². The van der Waals surface area contributed by atoms with E-state index in [-0.39, 0.29) is 17.6 Å². The number of anilines is 2. The van der Waals surface area contributed by atoms with Crippen molar-refractivity contribution >= 4 is 23.2 Å². The minimum atomic E-state index is -0.820. The van der Waals surface area contributed by atoms with E-state index in [9.17, 15) is 14.7 Å². The number of rotatable bonds is 5. The van der Waals surface area contributed by atoms with Crippen LogP contribution in [0, 0.1) is 0 Å². The molecule has 0 saturated carbocycles. The number of phenolic OH excluding ortho intramolecular Hbond substituents is 1. The van der Waals surface area contributed by atoms with Crippen LogP contribution in [0.15, 0.2) is 30.3 Å². The van der Waals surface area contributed by atoms with E-state index in [1.54, 1.807) is 4.90 Å². The number of amides is 2. The number of likely N-dealkylation sites (tertiary alicyclic amines) is 1. The summed E-state index contributed by atoms with van der Waals surface area (Å²) in [6, 6.07) is 8.98. The van der Waals surface area contributed by atoms with Crippen molar-refractivity contribution in [3.05, 3.63) is 52.6 Å². The Bertz CT molecular complexity index is 1060. The SMILES string of the molecule is CC(C)c1ccc(NC(=O)C(c2cc3c4c(c2O)CCCN4CCC3)N2CCC2=O)cc1. The van der Waals surface area contributed by atoms with E-state index in [1.807, 2.05) is 30.3 Å². The molecule has 1 atom stereocenters. The highest BCUT2D eigenvalue weighted by molar-refractivity contribution is 5.99. The number of aryl methyl sites for hydroxylation is 1. The molecule has 32 heavy (non-hydrogen) atoms. The third-order valence-corrected chi connectivity index (χ3v) is 7.11. The molecule has 0 aromatic heterocycles. The molecule has 2 N–H and O–H groups in total. The highest BCUT2D eigenvalue weighted by atomic mass is 16.3. The molecule has 1 fully saturated rings. The first-order valence-electron chi connectivity index (χ1n) is 11.8. The molecule has 2 aromatic rings. The van der Waals surface area contributed by atoms with Crippen LogP contribution in [0.25, 0.3) is 0 Å². The van der Waals surface area contributed by atoms with Gasteiger partial charge in [-0.05, 0) is 60.9 Å². The van der Waals surface area contributed by atoms with Crippen LogP contribution >= 0.6 is 0 Å². The second kappa shape index (κ2) is 8.15. The van der Waals surface area contributed by atoms with Crippen LogP contribution in [0.4, 0.5) is 11.4 Å². The van der Waals surface area contributed by atoms with Crippen molar-refractivity contribution in [2.45, 2.75) is 57.9 Å². The summed E-state index contributed by atoms with van der Waals surface area (Å²) in [6.07, 6.45) is 4.24. The second-order valence-corrected chi connectivity index (χ2v) is 9.50. The Balaban J connectivity index is 1.51. The fourth-order valence-electron chi connectivity index (χ4n) is 5.29. The third kappa shape index (κ3) is 3.51. The van der Waals surface area contributed by atoms with Gasteiger partial charge in [-0.25, -0.2) is 0 Å². The summed E-state index contributed by atoms with van der Waals surface area (Å²) in [5.41, 5.74) is 5.74. The zero-order valence-electron chi connectivity index (χ0n) is 18.9. The molecule has 3 aliphatic heterocycles. The van der Waals surface area contributed by atoms with E-state index in [1.165, 1.54) is 11.1 Å². The van der Waals surface area contributed by atoms with Crippen LogP contribution in [0.5, 0.6) is 5.75 Å². The van der Waals surface area contributed by atoms with Gasteiger partial charge in [0, 0.05) is 48.6 Å². The smallest absolute Gasteiger partial charge is 0.251 e. The molecule has 0 radical (unpaired) electrons. The van der Waals surface area contributed by atoms with Gasteiger partial charge >= 0.3 is 0 Å². The zero-order chi connectivity index (χ0) is 22.4. The summed E-state index contributed by atoms with van der Waals surface area (Å²) >= 11 is 0. The molecule has 0 aliphatic carbocycles. The Morgan fingerprint density at radius 1 is 1.03 bits per heavy atom. The lowest BCUT2D eigenvalue weighted by atomic mass is 9.86. The van der Waals surface area contributed by atoms with Crippen molar-refractivity contribution in [2.24, 2.45) is 0 Å². The normalized spacial score (nSPS) is 18.3. The van der Waals surface area contributed by atoms with E-state index in [4.69, 9.17) is 0 Å². The van der Waals surface area contributed by atoms with Gasteiger partial charge < -0.3 is 20.2 Å². The zero-order valence-corrected chi connectivity index (χ0v) is 18.9. The number of phenols is 1. The van der Waals surface area contributed by atoms with Crippen LogP contribution in [0.2, 0.25) is 0 Å². The number of hydrogen-bond acceptors (Lipinski definition) is 4. The number of carbonyl (C=O) groups excluding carboxylic acids is 2. The minimum absolute atomic E-state index is 0.0484. The summed E-state index contributed by atoms with van der Waals surface area (Å²) in [6.45, 7) is 6.82. The van der Waals surface area contributed by atoms with Gasteiger partial charge in [-0.1, -0.05) is 26.0 Å². The van der Waals surface area contributed by atoms with Crippen molar-refractivity contribution in [1.29, 1.82) is 0 Å². The summed E-state index contributed by atoms with van der Waals surface area (Å²) in [5.74, 6) is 0.273. The van der Waals surface area contributed by atoms with Crippen LogP contribution < -0.4 is 10.2 Å². The lowest BCUT2D eigenvalue weighted by Crippen LogP contribution is -2.49. The average molecular weight is 434 g/mol. The molecule has 0 spiro atoms. The molecule has 2 amide bonds. The maximum absolute atomic E-state index is 13.5. The maximum Gasteiger partial charge on any atom is 0.251 e. The van der Waals surface area contributed by atoms with Gasteiger partial charge in [0.1, 0.15) is 11.8 Å². The standard InChI is InChI=1S/C26H31N3O3/c1-16(2)17-7-9-19(10-8-17)27-26(32)24(29-14-11-22(29)30)21-15-18-5-3-12-28-13-4-6-20(23(18)28)25(21)31/h7-10,15-16,24,31H,3-6,11-14H2,1-2H3,(H,27,32). The predicted octanol–water partition coefficient (Wildman–Crippen LogP) is 4.13. The monoisotopic (exact) mass is 433 g/mol. The molecule has 3 heterocycles. The Kier molecular flexibility index (Phi) is 5.31. The van der Waals surface area contributed by atoms with Crippen LogP contribution in [-0.2, 0) is 22.4 Å². The number of carbonyl (C=O) groups is 2. The lowest BCUT2D eigenvalue weighted by molar-refractivity contribution is -0.147. The first kappa shape index (κ1) is 20.9. The van der Waals surface area contributed by atoms with Crippen LogP contribution in [-0.4, -0.2) is 41.5 Å². The van der Waals surface area contributed by atoms with Gasteiger partial charge in [0.2, 0.25) is 5.91 Å². The molecule has 6 heteroatoms. The highest BCUT2D eigenvalue weighted by Gasteiger charge is 2.40. The summed E-state index contributed by atoms with van der Waals surface area (Å²) in [4.78, 5) is 29.8. The van der Waals surface area contributed by atoms with E-state index < -0.39 is 6.04 Å². The molecule has 0 bridgehead atoms. The largest absolute Gasteiger partial charge is 0.507 e. The minimum Gasteiger partial charge on any atom is -0.507 e. The number of hydrogen-bond donors (Lipinski definition) is 2. The Hall–Kier alpha value is -3.02. The van der Waals surface area contributed by atoms with E-state index in [2.05, 4.69) is 24.1 Å². The van der Waals surface area contributed by atoms with Gasteiger partial charge in [0.05, 0.1) is 0 Å². The van der Waals surface area contributed by atoms with Gasteiger partial charge in [-0.15, -0.1) is 0 Å². The topological polar surface area (TPSA) is 72.9 Å². The van der Waals surface area contributed by atoms with Crippen molar-refractivity contribution in [3.8, 4) is 5.75 Å². The molecule has 1 saturated heterocycles. The third-order valence-electron chi connectivity index (χ3n) is 7.11. The number of nitrogens with one attached hydrogen (secondary N) is 1. The molecule has 168 valence electrons.